The van der Waals surface area contributed by atoms with Crippen molar-refractivity contribution < 1.29 is 14.2 Å². The molecule has 0 saturated carbocycles. The van der Waals surface area contributed by atoms with E-state index in [0.717, 1.165) is 25.9 Å². The Balaban J connectivity index is 2.42. The van der Waals surface area contributed by atoms with E-state index in [0.29, 0.717) is 18.7 Å². The van der Waals surface area contributed by atoms with E-state index in [-0.39, 0.29) is 6.29 Å². The van der Waals surface area contributed by atoms with Crippen molar-refractivity contribution in [3.05, 3.63) is 0 Å². The minimum Gasteiger partial charge on any atom is -0.380 e. The van der Waals surface area contributed by atoms with Crippen LogP contribution in [0.25, 0.3) is 0 Å². The van der Waals surface area contributed by atoms with Crippen LogP contribution < -0.4 is 5.73 Å². The summed E-state index contributed by atoms with van der Waals surface area (Å²) in [7, 11) is 5.08. The highest BCUT2D eigenvalue weighted by Crippen LogP contribution is 2.18. The molecule has 0 bridgehead atoms. The van der Waals surface area contributed by atoms with E-state index in [4.69, 9.17) is 19.9 Å². The van der Waals surface area contributed by atoms with E-state index >= 15 is 0 Å². The monoisotopic (exact) mass is 232 g/mol. The first kappa shape index (κ1) is 13.9. The molecule has 16 heavy (non-hydrogen) atoms. The van der Waals surface area contributed by atoms with Gasteiger partial charge in [0.15, 0.2) is 6.29 Å². The number of ether oxygens (including phenoxy) is 3. The van der Waals surface area contributed by atoms with Gasteiger partial charge in [-0.2, -0.15) is 0 Å². The number of methoxy groups -OCH3 is 3. The quantitative estimate of drug-likeness (QED) is 0.628. The average molecular weight is 232 g/mol. The molecule has 1 aliphatic rings. The molecule has 0 amide bonds. The van der Waals surface area contributed by atoms with Crippen LogP contribution in [0, 0.1) is 0 Å². The molecule has 2 unspecified atom stereocenters. The topological polar surface area (TPSA) is 57.0 Å². The maximum absolute atomic E-state index is 5.80. The van der Waals surface area contributed by atoms with Crippen LogP contribution in [0.15, 0.2) is 0 Å². The zero-order valence-electron chi connectivity index (χ0n) is 10.5. The number of nitrogens with zero attached hydrogens (tertiary/aromatic N) is 1. The Morgan fingerprint density at radius 3 is 2.44 bits per heavy atom. The Morgan fingerprint density at radius 2 is 2.00 bits per heavy atom. The van der Waals surface area contributed by atoms with Gasteiger partial charge in [-0.3, -0.25) is 4.90 Å². The molecule has 5 heteroatoms. The van der Waals surface area contributed by atoms with Crippen LogP contribution >= 0.6 is 0 Å². The zero-order valence-corrected chi connectivity index (χ0v) is 10.5. The van der Waals surface area contributed by atoms with Crippen LogP contribution in [-0.4, -0.2) is 64.3 Å². The van der Waals surface area contributed by atoms with E-state index in [9.17, 15) is 0 Å². The summed E-state index contributed by atoms with van der Waals surface area (Å²) in [5, 5.41) is 0. The zero-order chi connectivity index (χ0) is 12.0. The number of rotatable bonds is 7. The van der Waals surface area contributed by atoms with Gasteiger partial charge in [0.25, 0.3) is 0 Å². The van der Waals surface area contributed by atoms with Crippen molar-refractivity contribution in [2.45, 2.75) is 31.3 Å². The van der Waals surface area contributed by atoms with Crippen molar-refractivity contribution in [1.82, 2.24) is 4.90 Å². The van der Waals surface area contributed by atoms with Gasteiger partial charge in [-0.25, -0.2) is 0 Å². The standard InChI is InChI=1S/C11H24N2O3/c1-14-10-4-5-13(8-10)9(7-12)6-11(15-2)16-3/h9-11H,4-8,12H2,1-3H3. The van der Waals surface area contributed by atoms with Crippen molar-refractivity contribution in [2.24, 2.45) is 5.73 Å². The molecule has 0 spiro atoms. The second kappa shape index (κ2) is 7.19. The lowest BCUT2D eigenvalue weighted by Gasteiger charge is -2.29. The van der Waals surface area contributed by atoms with E-state index in [1.807, 2.05) is 0 Å². The molecule has 0 aromatic heterocycles. The van der Waals surface area contributed by atoms with Crippen molar-refractivity contribution >= 4 is 0 Å². The predicted molar refractivity (Wildman–Crippen MR) is 62.3 cm³/mol. The molecular formula is C11H24N2O3. The highest BCUT2D eigenvalue weighted by Gasteiger charge is 2.29. The lowest BCUT2D eigenvalue weighted by molar-refractivity contribution is -0.116. The van der Waals surface area contributed by atoms with Gasteiger partial charge >= 0.3 is 0 Å². The van der Waals surface area contributed by atoms with Crippen molar-refractivity contribution in [1.29, 1.82) is 0 Å². The van der Waals surface area contributed by atoms with E-state index in [1.165, 1.54) is 0 Å². The first-order chi connectivity index (χ1) is 7.74. The molecule has 96 valence electrons. The fourth-order valence-corrected chi connectivity index (χ4v) is 2.18. The Morgan fingerprint density at radius 1 is 1.31 bits per heavy atom. The van der Waals surface area contributed by atoms with Gasteiger partial charge < -0.3 is 19.9 Å². The second-order valence-electron chi connectivity index (χ2n) is 4.17. The maximum atomic E-state index is 5.80. The molecule has 1 fully saturated rings. The van der Waals surface area contributed by atoms with Crippen LogP contribution in [0.1, 0.15) is 12.8 Å². The summed E-state index contributed by atoms with van der Waals surface area (Å²) in [5.41, 5.74) is 5.80. The second-order valence-corrected chi connectivity index (χ2v) is 4.17. The summed E-state index contributed by atoms with van der Waals surface area (Å²) in [6.07, 6.45) is 2.06. The highest BCUT2D eigenvalue weighted by molar-refractivity contribution is 4.83. The minimum absolute atomic E-state index is 0.171. The summed E-state index contributed by atoms with van der Waals surface area (Å²) in [6.45, 7) is 2.62. The van der Waals surface area contributed by atoms with Crippen molar-refractivity contribution in [3.63, 3.8) is 0 Å². The fraction of sp³-hybridized carbons (Fsp3) is 1.00. The predicted octanol–water partition coefficient (Wildman–Crippen LogP) is 0.0434. The smallest absolute Gasteiger partial charge is 0.158 e. The normalized spacial score (nSPS) is 24.2. The van der Waals surface area contributed by atoms with Gasteiger partial charge in [0, 0.05) is 53.4 Å². The summed E-state index contributed by atoms with van der Waals surface area (Å²) in [4.78, 5) is 2.36. The van der Waals surface area contributed by atoms with Crippen LogP contribution in [0.2, 0.25) is 0 Å². The van der Waals surface area contributed by atoms with Crippen LogP contribution in [0.4, 0.5) is 0 Å². The number of likely N-dealkylation sites (tertiary alicyclic amines) is 1. The van der Waals surface area contributed by atoms with Gasteiger partial charge in [-0.1, -0.05) is 0 Å². The van der Waals surface area contributed by atoms with Gasteiger partial charge in [0.1, 0.15) is 0 Å². The fourth-order valence-electron chi connectivity index (χ4n) is 2.18. The van der Waals surface area contributed by atoms with E-state index < -0.39 is 0 Å². The molecule has 1 saturated heterocycles. The lowest BCUT2D eigenvalue weighted by atomic mass is 10.2. The van der Waals surface area contributed by atoms with Crippen LogP contribution in [0.5, 0.6) is 0 Å². The molecule has 0 aromatic rings. The molecule has 5 nitrogen and oxygen atoms in total. The first-order valence-electron chi connectivity index (χ1n) is 5.77. The molecular weight excluding hydrogens is 208 g/mol. The lowest BCUT2D eigenvalue weighted by Crippen LogP contribution is -2.42. The summed E-state index contributed by atoms with van der Waals surface area (Å²) < 4.78 is 15.8. The number of nitrogens with two attached hydrogens (primary N) is 1. The highest BCUT2D eigenvalue weighted by atomic mass is 16.7. The van der Waals surface area contributed by atoms with Gasteiger partial charge in [0.2, 0.25) is 0 Å². The molecule has 0 aliphatic carbocycles. The van der Waals surface area contributed by atoms with Gasteiger partial charge in [-0.15, -0.1) is 0 Å². The van der Waals surface area contributed by atoms with Gasteiger partial charge in [-0.05, 0) is 6.42 Å². The maximum Gasteiger partial charge on any atom is 0.158 e. The molecule has 0 radical (unpaired) electrons. The van der Waals surface area contributed by atoms with Crippen molar-refractivity contribution in [3.8, 4) is 0 Å². The largest absolute Gasteiger partial charge is 0.380 e. The molecule has 2 N–H and O–H groups in total. The van der Waals surface area contributed by atoms with Crippen LogP contribution in [-0.2, 0) is 14.2 Å². The summed E-state index contributed by atoms with van der Waals surface area (Å²) >= 11 is 0. The third-order valence-electron chi connectivity index (χ3n) is 3.29. The summed E-state index contributed by atoms with van der Waals surface area (Å²) in [5.74, 6) is 0. The third-order valence-corrected chi connectivity index (χ3v) is 3.29. The molecule has 1 rings (SSSR count). The first-order valence-corrected chi connectivity index (χ1v) is 5.77. The Bertz CT molecular complexity index is 188. The SMILES string of the molecule is COC1CCN(C(CN)CC(OC)OC)C1. The Labute approximate surface area is 97.8 Å². The Hall–Kier alpha value is -0.200. The van der Waals surface area contributed by atoms with E-state index in [2.05, 4.69) is 4.90 Å². The molecule has 1 heterocycles. The summed E-state index contributed by atoms with van der Waals surface area (Å²) in [6, 6.07) is 0.310. The molecule has 2 atom stereocenters. The third kappa shape index (κ3) is 3.68. The van der Waals surface area contributed by atoms with E-state index in [1.54, 1.807) is 21.3 Å². The van der Waals surface area contributed by atoms with Crippen LogP contribution in [0.3, 0.4) is 0 Å². The average Bonchev–Trinajstić information content (AvgIpc) is 2.79. The van der Waals surface area contributed by atoms with Crippen molar-refractivity contribution in [2.75, 3.05) is 41.0 Å². The Kier molecular flexibility index (Phi) is 6.23. The molecule has 1 aliphatic heterocycles. The molecule has 0 aromatic carbocycles. The number of hydrogen-bond donors (Lipinski definition) is 1. The number of hydrogen-bond acceptors (Lipinski definition) is 5. The van der Waals surface area contributed by atoms with Gasteiger partial charge in [0.05, 0.1) is 6.10 Å². The minimum atomic E-state index is -0.171.